The fourth-order valence-electron chi connectivity index (χ4n) is 3.75. The highest BCUT2D eigenvalue weighted by atomic mass is 32.1. The van der Waals surface area contributed by atoms with Crippen LogP contribution in [0.5, 0.6) is 0 Å². The molecule has 0 atom stereocenters. The topological polar surface area (TPSA) is 105 Å². The zero-order chi connectivity index (χ0) is 20.7. The molecule has 1 amide bonds. The first kappa shape index (κ1) is 18.7. The van der Waals surface area contributed by atoms with E-state index in [4.69, 9.17) is 5.73 Å². The van der Waals surface area contributed by atoms with E-state index in [1.54, 1.807) is 6.20 Å². The lowest BCUT2D eigenvalue weighted by Crippen LogP contribution is -2.12. The lowest BCUT2D eigenvalue weighted by atomic mass is 9.96. The van der Waals surface area contributed by atoms with Gasteiger partial charge in [0.15, 0.2) is 0 Å². The van der Waals surface area contributed by atoms with E-state index in [9.17, 15) is 10.1 Å². The quantitative estimate of drug-likeness (QED) is 0.475. The van der Waals surface area contributed by atoms with Crippen LogP contribution in [0.15, 0.2) is 36.5 Å². The van der Waals surface area contributed by atoms with Crippen LogP contribution in [-0.4, -0.2) is 15.9 Å². The summed E-state index contributed by atoms with van der Waals surface area (Å²) in [5.41, 5.74) is 9.88. The number of anilines is 2. The molecule has 0 bridgehead atoms. The molecule has 5 rings (SSSR count). The molecular weight excluding hydrogens is 414 g/mol. The maximum Gasteiger partial charge on any atom is 0.268 e. The molecule has 0 aromatic carbocycles. The standard InChI is InChI=1S/C22H17N5OS2/c23-11-14-12-5-1-2-7-17(12)29-22(14)27-20(28)19-18(24)13-8-9-16(26-21(13)30-19)15-6-3-4-10-25-15/h3-4,6,8-10H,1-2,5,7,24H2,(H,27,28). The fourth-order valence-corrected chi connectivity index (χ4v) is 5.98. The van der Waals surface area contributed by atoms with E-state index in [1.807, 2.05) is 30.3 Å². The van der Waals surface area contributed by atoms with E-state index >= 15 is 0 Å². The van der Waals surface area contributed by atoms with Crippen molar-refractivity contribution in [3.63, 3.8) is 0 Å². The van der Waals surface area contributed by atoms with E-state index in [0.29, 0.717) is 26.0 Å². The molecular formula is C22H17N5OS2. The van der Waals surface area contributed by atoms with Crippen LogP contribution in [0, 0.1) is 11.3 Å². The summed E-state index contributed by atoms with van der Waals surface area (Å²) in [6.07, 6.45) is 5.79. The summed E-state index contributed by atoms with van der Waals surface area (Å²) < 4.78 is 0. The number of nitrogens with zero attached hydrogens (tertiary/aromatic N) is 3. The summed E-state index contributed by atoms with van der Waals surface area (Å²) in [4.78, 5) is 24.3. The molecule has 0 saturated carbocycles. The molecule has 0 saturated heterocycles. The third-order valence-electron chi connectivity index (χ3n) is 5.24. The molecule has 1 aliphatic rings. The van der Waals surface area contributed by atoms with Gasteiger partial charge in [0, 0.05) is 16.5 Å². The molecule has 6 nitrogen and oxygen atoms in total. The second kappa shape index (κ2) is 7.52. The summed E-state index contributed by atoms with van der Waals surface area (Å²) in [5, 5.41) is 13.9. The molecule has 4 aromatic heterocycles. The lowest BCUT2D eigenvalue weighted by Gasteiger charge is -2.09. The summed E-state index contributed by atoms with van der Waals surface area (Å²) in [7, 11) is 0. The predicted molar refractivity (Wildman–Crippen MR) is 121 cm³/mol. The van der Waals surface area contributed by atoms with Gasteiger partial charge in [0.25, 0.3) is 5.91 Å². The molecule has 8 heteroatoms. The Morgan fingerprint density at radius 3 is 2.80 bits per heavy atom. The number of hydrogen-bond donors (Lipinski definition) is 2. The number of nitriles is 1. The van der Waals surface area contributed by atoms with Crippen LogP contribution in [0.4, 0.5) is 10.7 Å². The van der Waals surface area contributed by atoms with Crippen LogP contribution in [-0.2, 0) is 12.8 Å². The number of rotatable bonds is 3. The van der Waals surface area contributed by atoms with E-state index < -0.39 is 0 Å². The monoisotopic (exact) mass is 431 g/mol. The van der Waals surface area contributed by atoms with Crippen molar-refractivity contribution in [2.75, 3.05) is 11.1 Å². The van der Waals surface area contributed by atoms with Crippen molar-refractivity contribution < 1.29 is 4.79 Å². The van der Waals surface area contributed by atoms with Crippen LogP contribution < -0.4 is 11.1 Å². The third kappa shape index (κ3) is 3.12. The van der Waals surface area contributed by atoms with Crippen LogP contribution in [0.2, 0.25) is 0 Å². The Morgan fingerprint density at radius 1 is 1.13 bits per heavy atom. The zero-order valence-corrected chi connectivity index (χ0v) is 17.6. The second-order valence-electron chi connectivity index (χ2n) is 7.09. The zero-order valence-electron chi connectivity index (χ0n) is 15.9. The lowest BCUT2D eigenvalue weighted by molar-refractivity contribution is 0.103. The van der Waals surface area contributed by atoms with Gasteiger partial charge in [-0.15, -0.1) is 22.7 Å². The van der Waals surface area contributed by atoms with E-state index in [1.165, 1.54) is 27.6 Å². The minimum absolute atomic E-state index is 0.301. The van der Waals surface area contributed by atoms with Crippen molar-refractivity contribution in [2.24, 2.45) is 0 Å². The average Bonchev–Trinajstić information content (AvgIpc) is 3.30. The SMILES string of the molecule is N#Cc1c(NC(=O)c2sc3nc(-c4ccccn4)ccc3c2N)sc2c1CCCC2. The maximum atomic E-state index is 13.0. The Morgan fingerprint density at radius 2 is 2.00 bits per heavy atom. The van der Waals surface area contributed by atoms with Gasteiger partial charge >= 0.3 is 0 Å². The number of nitrogen functional groups attached to an aromatic ring is 1. The van der Waals surface area contributed by atoms with Gasteiger partial charge in [-0.1, -0.05) is 6.07 Å². The van der Waals surface area contributed by atoms with Crippen molar-refractivity contribution in [3.05, 3.63) is 57.4 Å². The van der Waals surface area contributed by atoms with Crippen molar-refractivity contribution in [1.29, 1.82) is 5.26 Å². The number of pyridine rings is 2. The third-order valence-corrected chi connectivity index (χ3v) is 7.56. The first-order valence-corrected chi connectivity index (χ1v) is 11.3. The summed E-state index contributed by atoms with van der Waals surface area (Å²) in [5.74, 6) is -0.301. The molecule has 4 heterocycles. The molecule has 4 aromatic rings. The highest BCUT2D eigenvalue weighted by Gasteiger charge is 2.24. The fraction of sp³-hybridized carbons (Fsp3) is 0.182. The van der Waals surface area contributed by atoms with Crippen molar-refractivity contribution in [2.45, 2.75) is 25.7 Å². The summed E-state index contributed by atoms with van der Waals surface area (Å²) in [6.45, 7) is 0. The number of carbonyl (C=O) groups is 1. The van der Waals surface area contributed by atoms with Gasteiger partial charge in [-0.25, -0.2) is 4.98 Å². The van der Waals surface area contributed by atoms with Crippen molar-refractivity contribution in [3.8, 4) is 17.5 Å². The normalized spacial score (nSPS) is 13.0. The molecule has 0 fully saturated rings. The van der Waals surface area contributed by atoms with Crippen molar-refractivity contribution >= 4 is 49.5 Å². The Labute approximate surface area is 181 Å². The number of nitrogens with two attached hydrogens (primary N) is 1. The van der Waals surface area contributed by atoms with Crippen LogP contribution in [0.3, 0.4) is 0 Å². The minimum Gasteiger partial charge on any atom is -0.397 e. The highest BCUT2D eigenvalue weighted by molar-refractivity contribution is 7.21. The number of thiophene rings is 2. The Hall–Kier alpha value is -3.28. The smallest absolute Gasteiger partial charge is 0.268 e. The Kier molecular flexibility index (Phi) is 4.69. The molecule has 0 unspecified atom stereocenters. The number of nitrogens with one attached hydrogen (secondary N) is 1. The van der Waals surface area contributed by atoms with Gasteiger partial charge in [0.1, 0.15) is 20.8 Å². The van der Waals surface area contributed by atoms with Gasteiger partial charge in [-0.05, 0) is 55.5 Å². The summed E-state index contributed by atoms with van der Waals surface area (Å²) in [6, 6.07) is 11.7. The average molecular weight is 432 g/mol. The van der Waals surface area contributed by atoms with Crippen LogP contribution >= 0.6 is 22.7 Å². The van der Waals surface area contributed by atoms with Crippen LogP contribution in [0.1, 0.15) is 38.5 Å². The number of aromatic nitrogens is 2. The first-order chi connectivity index (χ1) is 14.7. The van der Waals surface area contributed by atoms with Gasteiger partial charge in [-0.3, -0.25) is 9.78 Å². The Balaban J connectivity index is 1.49. The maximum absolute atomic E-state index is 13.0. The van der Waals surface area contributed by atoms with Gasteiger partial charge < -0.3 is 11.1 Å². The molecule has 30 heavy (non-hydrogen) atoms. The number of hydrogen-bond acceptors (Lipinski definition) is 7. The molecule has 1 aliphatic carbocycles. The molecule has 3 N–H and O–H groups in total. The van der Waals surface area contributed by atoms with E-state index in [0.717, 1.165) is 48.0 Å². The van der Waals surface area contributed by atoms with Gasteiger partial charge in [0.05, 0.1) is 22.6 Å². The number of aryl methyl sites for hydroxylation is 1. The van der Waals surface area contributed by atoms with Crippen molar-refractivity contribution in [1.82, 2.24) is 9.97 Å². The van der Waals surface area contributed by atoms with Gasteiger partial charge in [-0.2, -0.15) is 5.26 Å². The second-order valence-corrected chi connectivity index (χ2v) is 9.19. The first-order valence-electron chi connectivity index (χ1n) is 9.62. The largest absolute Gasteiger partial charge is 0.397 e. The minimum atomic E-state index is -0.301. The molecule has 0 spiro atoms. The predicted octanol–water partition coefficient (Wildman–Crippen LogP) is 5.00. The molecule has 0 aliphatic heterocycles. The number of fused-ring (bicyclic) bond motifs is 2. The molecule has 0 radical (unpaired) electrons. The summed E-state index contributed by atoms with van der Waals surface area (Å²) >= 11 is 2.76. The number of carbonyl (C=O) groups excluding carboxylic acids is 1. The Bertz CT molecular complexity index is 1320. The van der Waals surface area contributed by atoms with Crippen LogP contribution in [0.25, 0.3) is 21.6 Å². The van der Waals surface area contributed by atoms with E-state index in [-0.39, 0.29) is 5.91 Å². The highest BCUT2D eigenvalue weighted by Crippen LogP contribution is 2.39. The van der Waals surface area contributed by atoms with Gasteiger partial charge in [0.2, 0.25) is 0 Å². The molecule has 148 valence electrons. The number of amides is 1. The van der Waals surface area contributed by atoms with E-state index in [2.05, 4.69) is 21.4 Å².